The highest BCUT2D eigenvalue weighted by Crippen LogP contribution is 2.14. The highest BCUT2D eigenvalue weighted by molar-refractivity contribution is 5.89. The largest absolute Gasteiger partial charge is 0.460 e. The van der Waals surface area contributed by atoms with E-state index < -0.39 is 59.9 Å². The number of amides is 2. The molecule has 0 bridgehead atoms. The van der Waals surface area contributed by atoms with Gasteiger partial charge in [-0.1, -0.05) is 121 Å². The molecule has 0 saturated carbocycles. The van der Waals surface area contributed by atoms with Gasteiger partial charge in [0.05, 0.1) is 25.4 Å². The van der Waals surface area contributed by atoms with Crippen LogP contribution in [0.1, 0.15) is 63.8 Å². The molecule has 0 aliphatic carbocycles. The summed E-state index contributed by atoms with van der Waals surface area (Å²) in [6, 6.07) is 35.2. The average molecular weight is 784 g/mol. The third-order valence-electron chi connectivity index (χ3n) is 8.60. The molecule has 0 aliphatic heterocycles. The van der Waals surface area contributed by atoms with E-state index in [9.17, 15) is 19.2 Å². The van der Waals surface area contributed by atoms with Crippen LogP contribution in [0.2, 0.25) is 0 Å². The minimum absolute atomic E-state index is 0.0603. The SMILES string of the molecule is C[C@@H](OCc1ccccc1)[C@H](N)C(=O)OCc1ccccc1.C[C@@H](OCc1ccccc1)[C@H](NC(=O)[C@H](C)N(C)C(=O)OC(C)(C)C)C(=O)OCc1ccccc1. The average Bonchev–Trinajstić information content (AvgIpc) is 3.22. The van der Waals surface area contributed by atoms with E-state index in [0.717, 1.165) is 22.3 Å². The van der Waals surface area contributed by atoms with E-state index in [1.807, 2.05) is 121 Å². The van der Waals surface area contributed by atoms with Crippen molar-refractivity contribution in [1.82, 2.24) is 10.2 Å². The molecule has 0 radical (unpaired) electrons. The molecule has 0 heterocycles. The first kappa shape index (κ1) is 45.8. The molecule has 4 rings (SSSR count). The third kappa shape index (κ3) is 17.0. The quantitative estimate of drug-likeness (QED) is 0.0869. The van der Waals surface area contributed by atoms with Gasteiger partial charge in [-0.25, -0.2) is 9.59 Å². The Morgan fingerprint density at radius 1 is 0.596 bits per heavy atom. The number of rotatable bonds is 17. The van der Waals surface area contributed by atoms with Crippen LogP contribution < -0.4 is 11.1 Å². The molecular formula is C45H57N3O9. The molecule has 4 aromatic carbocycles. The van der Waals surface area contributed by atoms with Gasteiger partial charge in [0.25, 0.3) is 0 Å². The van der Waals surface area contributed by atoms with Gasteiger partial charge in [-0.2, -0.15) is 0 Å². The van der Waals surface area contributed by atoms with Gasteiger partial charge in [-0.3, -0.25) is 14.5 Å². The zero-order chi connectivity index (χ0) is 41.8. The van der Waals surface area contributed by atoms with E-state index >= 15 is 0 Å². The van der Waals surface area contributed by atoms with Crippen molar-refractivity contribution in [3.63, 3.8) is 0 Å². The van der Waals surface area contributed by atoms with Gasteiger partial charge in [-0.05, 0) is 63.8 Å². The van der Waals surface area contributed by atoms with Gasteiger partial charge in [0.15, 0.2) is 6.04 Å². The number of benzene rings is 4. The van der Waals surface area contributed by atoms with E-state index in [-0.39, 0.29) is 19.8 Å². The second kappa shape index (κ2) is 23.5. The lowest BCUT2D eigenvalue weighted by atomic mass is 10.1. The molecule has 57 heavy (non-hydrogen) atoms. The molecule has 0 aliphatic rings. The number of ether oxygens (including phenoxy) is 5. The predicted molar refractivity (Wildman–Crippen MR) is 217 cm³/mol. The number of carbonyl (C=O) groups excluding carboxylic acids is 4. The fourth-order valence-corrected chi connectivity index (χ4v) is 4.95. The van der Waals surface area contributed by atoms with Crippen molar-refractivity contribution in [2.75, 3.05) is 7.05 Å². The molecule has 0 spiro atoms. The topological polar surface area (TPSA) is 156 Å². The first-order chi connectivity index (χ1) is 27.1. The van der Waals surface area contributed by atoms with Crippen LogP contribution in [0.3, 0.4) is 0 Å². The summed E-state index contributed by atoms with van der Waals surface area (Å²) >= 11 is 0. The summed E-state index contributed by atoms with van der Waals surface area (Å²) in [4.78, 5) is 51.5. The predicted octanol–water partition coefficient (Wildman–Crippen LogP) is 6.74. The van der Waals surface area contributed by atoms with Crippen LogP contribution in [0.25, 0.3) is 0 Å². The van der Waals surface area contributed by atoms with Gasteiger partial charge >= 0.3 is 18.0 Å². The number of nitrogens with one attached hydrogen (secondary N) is 1. The number of hydrogen-bond acceptors (Lipinski definition) is 10. The Morgan fingerprint density at radius 2 is 0.965 bits per heavy atom. The maximum absolute atomic E-state index is 13.0. The minimum Gasteiger partial charge on any atom is -0.460 e. The molecular weight excluding hydrogens is 727 g/mol. The molecule has 0 aromatic heterocycles. The van der Waals surface area contributed by atoms with Crippen molar-refractivity contribution in [3.05, 3.63) is 144 Å². The molecule has 5 atom stereocenters. The second-order valence-electron chi connectivity index (χ2n) is 14.5. The molecule has 306 valence electrons. The van der Waals surface area contributed by atoms with Crippen LogP contribution in [-0.4, -0.2) is 71.8 Å². The van der Waals surface area contributed by atoms with E-state index in [2.05, 4.69) is 5.32 Å². The van der Waals surface area contributed by atoms with E-state index in [4.69, 9.17) is 29.4 Å². The van der Waals surface area contributed by atoms with Crippen molar-refractivity contribution in [2.24, 2.45) is 5.73 Å². The fourth-order valence-electron chi connectivity index (χ4n) is 4.95. The zero-order valence-electron chi connectivity index (χ0n) is 34.0. The number of hydrogen-bond donors (Lipinski definition) is 2. The normalized spacial score (nSPS) is 13.6. The molecule has 3 N–H and O–H groups in total. The highest BCUT2D eigenvalue weighted by atomic mass is 16.6. The van der Waals surface area contributed by atoms with E-state index in [1.165, 1.54) is 11.9 Å². The monoisotopic (exact) mass is 783 g/mol. The van der Waals surface area contributed by atoms with Crippen LogP contribution in [0.5, 0.6) is 0 Å². The molecule has 0 saturated heterocycles. The van der Waals surface area contributed by atoms with Crippen molar-refractivity contribution in [1.29, 1.82) is 0 Å². The number of likely N-dealkylation sites (N-methyl/N-ethyl adjacent to an activating group) is 1. The standard InChI is InChI=1S/C27H36N2O6.C18H21NO3/c1-19(29(6)26(32)35-27(3,4)5)24(30)28-23(20(2)33-17-21-13-9-7-10-14-21)25(31)34-18-22-15-11-8-12-16-22;1-14(21-12-15-8-4-2-5-9-15)17(19)18(20)22-13-16-10-6-3-7-11-16/h7-16,19-20,23H,17-18H2,1-6H3,(H,28,30);2-11,14,17H,12-13,19H2,1H3/t19-,20+,23-;14-,17+/m01/s1. The number of nitrogens with zero attached hydrogens (tertiary/aromatic N) is 1. The number of esters is 2. The van der Waals surface area contributed by atoms with Crippen LogP contribution in [0, 0.1) is 0 Å². The first-order valence-electron chi connectivity index (χ1n) is 18.9. The Balaban J connectivity index is 0.000000338. The summed E-state index contributed by atoms with van der Waals surface area (Å²) in [5.41, 5.74) is 8.91. The summed E-state index contributed by atoms with van der Waals surface area (Å²) in [6.07, 6.45) is -1.75. The Morgan fingerprint density at radius 3 is 1.37 bits per heavy atom. The summed E-state index contributed by atoms with van der Waals surface area (Å²) in [5.74, 6) is -1.62. The summed E-state index contributed by atoms with van der Waals surface area (Å²) in [6.45, 7) is 11.2. The molecule has 0 unspecified atom stereocenters. The maximum atomic E-state index is 13.0. The highest BCUT2D eigenvalue weighted by Gasteiger charge is 2.34. The summed E-state index contributed by atoms with van der Waals surface area (Å²) in [5, 5.41) is 2.70. The molecule has 4 aromatic rings. The van der Waals surface area contributed by atoms with Crippen molar-refractivity contribution in [3.8, 4) is 0 Å². The summed E-state index contributed by atoms with van der Waals surface area (Å²) in [7, 11) is 1.47. The maximum Gasteiger partial charge on any atom is 0.410 e. The smallest absolute Gasteiger partial charge is 0.410 e. The first-order valence-corrected chi connectivity index (χ1v) is 18.9. The molecule has 2 amide bonds. The lowest BCUT2D eigenvalue weighted by molar-refractivity contribution is -0.154. The lowest BCUT2D eigenvalue weighted by Gasteiger charge is -2.30. The second-order valence-corrected chi connectivity index (χ2v) is 14.5. The third-order valence-corrected chi connectivity index (χ3v) is 8.60. The Labute approximate surface area is 336 Å². The van der Waals surface area contributed by atoms with Gasteiger partial charge in [0, 0.05) is 7.05 Å². The van der Waals surface area contributed by atoms with Gasteiger partial charge < -0.3 is 34.7 Å². The molecule has 0 fully saturated rings. The minimum atomic E-state index is -1.08. The fraction of sp³-hybridized carbons (Fsp3) is 0.378. The Kier molecular flexibility index (Phi) is 18.9. The van der Waals surface area contributed by atoms with Crippen LogP contribution >= 0.6 is 0 Å². The Hall–Kier alpha value is -5.56. The van der Waals surface area contributed by atoms with Crippen LogP contribution in [0.4, 0.5) is 4.79 Å². The zero-order valence-corrected chi connectivity index (χ0v) is 34.0. The van der Waals surface area contributed by atoms with Crippen molar-refractivity contribution < 1.29 is 42.9 Å². The van der Waals surface area contributed by atoms with Gasteiger partial charge in [0.2, 0.25) is 5.91 Å². The van der Waals surface area contributed by atoms with Crippen LogP contribution in [-0.2, 0) is 64.5 Å². The van der Waals surface area contributed by atoms with Crippen LogP contribution in [0.15, 0.2) is 121 Å². The van der Waals surface area contributed by atoms with E-state index in [1.54, 1.807) is 41.5 Å². The molecule has 12 heteroatoms. The van der Waals surface area contributed by atoms with E-state index in [0.29, 0.717) is 6.61 Å². The number of carbonyl (C=O) groups is 4. The van der Waals surface area contributed by atoms with Gasteiger partial charge in [0.1, 0.15) is 30.9 Å². The van der Waals surface area contributed by atoms with Gasteiger partial charge in [-0.15, -0.1) is 0 Å². The van der Waals surface area contributed by atoms with Crippen molar-refractivity contribution in [2.45, 2.75) is 104 Å². The number of nitrogens with two attached hydrogens (primary N) is 1. The Bertz CT molecular complexity index is 1790. The summed E-state index contributed by atoms with van der Waals surface area (Å²) < 4.78 is 27.6. The lowest BCUT2D eigenvalue weighted by Crippen LogP contribution is -2.55. The molecule has 12 nitrogen and oxygen atoms in total. The van der Waals surface area contributed by atoms with Crippen molar-refractivity contribution >= 4 is 23.9 Å².